The number of nitrogens with zero attached hydrogens (tertiary/aromatic N) is 2. The highest BCUT2D eigenvalue weighted by Gasteiger charge is 2.44. The topological polar surface area (TPSA) is 51.2 Å². The molecule has 0 aliphatic carbocycles. The van der Waals surface area contributed by atoms with Gasteiger partial charge in [0.15, 0.2) is 0 Å². The zero-order chi connectivity index (χ0) is 15.6. The smallest absolute Gasteiger partial charge is 0.251 e. The van der Waals surface area contributed by atoms with E-state index in [-0.39, 0.29) is 18.1 Å². The van der Waals surface area contributed by atoms with Crippen LogP contribution in [0.15, 0.2) is 0 Å². The fourth-order valence-electron chi connectivity index (χ4n) is 4.60. The van der Waals surface area contributed by atoms with Gasteiger partial charge in [0.05, 0.1) is 19.3 Å². The maximum absolute atomic E-state index is 12.6. The van der Waals surface area contributed by atoms with E-state index >= 15 is 0 Å². The van der Waals surface area contributed by atoms with Crippen LogP contribution in [-0.2, 0) is 19.0 Å². The fraction of sp³-hybridized carbons (Fsp3) is 0.941. The summed E-state index contributed by atoms with van der Waals surface area (Å²) < 4.78 is 17.1. The first-order valence-corrected chi connectivity index (χ1v) is 9.18. The Morgan fingerprint density at radius 3 is 2.35 bits per heavy atom. The second-order valence-corrected chi connectivity index (χ2v) is 7.12. The highest BCUT2D eigenvalue weighted by atomic mass is 16.5. The molecule has 0 radical (unpaired) electrons. The average Bonchev–Trinajstić information content (AvgIpc) is 3.06. The van der Waals surface area contributed by atoms with E-state index in [1.807, 2.05) is 4.90 Å². The number of carbonyl (C=O) groups is 1. The van der Waals surface area contributed by atoms with E-state index in [9.17, 15) is 4.79 Å². The zero-order valence-corrected chi connectivity index (χ0v) is 13.8. The first-order chi connectivity index (χ1) is 11.3. The van der Waals surface area contributed by atoms with Gasteiger partial charge in [0.2, 0.25) is 0 Å². The first-order valence-electron chi connectivity index (χ1n) is 9.18. The lowest BCUT2D eigenvalue weighted by Gasteiger charge is -2.41. The third-order valence-corrected chi connectivity index (χ3v) is 5.85. The van der Waals surface area contributed by atoms with Crippen LogP contribution in [0.1, 0.15) is 32.1 Å². The van der Waals surface area contributed by atoms with Gasteiger partial charge < -0.3 is 19.1 Å². The lowest BCUT2D eigenvalue weighted by Crippen LogP contribution is -2.52. The van der Waals surface area contributed by atoms with E-state index in [0.717, 1.165) is 51.9 Å². The minimum absolute atomic E-state index is 0.177. The van der Waals surface area contributed by atoms with Gasteiger partial charge in [-0.3, -0.25) is 9.69 Å². The minimum Gasteiger partial charge on any atom is -0.381 e. The molecule has 0 aromatic carbocycles. The van der Waals surface area contributed by atoms with Crippen molar-refractivity contribution in [1.29, 1.82) is 0 Å². The van der Waals surface area contributed by atoms with Gasteiger partial charge >= 0.3 is 0 Å². The monoisotopic (exact) mass is 324 g/mol. The molecule has 23 heavy (non-hydrogen) atoms. The second-order valence-electron chi connectivity index (χ2n) is 7.12. The van der Waals surface area contributed by atoms with Crippen LogP contribution in [0.25, 0.3) is 0 Å². The lowest BCUT2D eigenvalue weighted by molar-refractivity contribution is -0.159. The Bertz CT molecular complexity index is 421. The standard InChI is InChI=1S/C17H28N2O4/c20-17(18-7-11-22-12-8-18)16-2-1-14-15(23-16)3-6-19(14)13-4-9-21-10-5-13/h13-16H,1-12H2/t14-,15-,16-/m0/s1. The van der Waals surface area contributed by atoms with E-state index in [1.54, 1.807) is 0 Å². The molecule has 1 amide bonds. The Labute approximate surface area is 138 Å². The summed E-state index contributed by atoms with van der Waals surface area (Å²) in [7, 11) is 0. The molecular formula is C17H28N2O4. The van der Waals surface area contributed by atoms with Gasteiger partial charge in [-0.05, 0) is 32.1 Å². The molecule has 0 aromatic heterocycles. The zero-order valence-electron chi connectivity index (χ0n) is 13.8. The molecule has 0 N–H and O–H groups in total. The largest absolute Gasteiger partial charge is 0.381 e. The number of carbonyl (C=O) groups excluding carboxylic acids is 1. The summed E-state index contributed by atoms with van der Waals surface area (Å²) in [5.74, 6) is 0.177. The second kappa shape index (κ2) is 7.05. The van der Waals surface area contributed by atoms with Crippen LogP contribution < -0.4 is 0 Å². The third-order valence-electron chi connectivity index (χ3n) is 5.85. The van der Waals surface area contributed by atoms with Gasteiger partial charge in [-0.1, -0.05) is 0 Å². The molecule has 6 nitrogen and oxygen atoms in total. The Morgan fingerprint density at radius 1 is 0.826 bits per heavy atom. The predicted molar refractivity (Wildman–Crippen MR) is 84.2 cm³/mol. The van der Waals surface area contributed by atoms with Crippen molar-refractivity contribution >= 4 is 5.91 Å². The molecule has 4 rings (SSSR count). The van der Waals surface area contributed by atoms with E-state index in [1.165, 1.54) is 0 Å². The molecule has 4 aliphatic heterocycles. The average molecular weight is 324 g/mol. The van der Waals surface area contributed by atoms with Crippen molar-refractivity contribution < 1.29 is 19.0 Å². The maximum atomic E-state index is 12.6. The summed E-state index contributed by atoms with van der Waals surface area (Å²) in [6.45, 7) is 5.61. The minimum atomic E-state index is -0.232. The molecule has 0 bridgehead atoms. The molecule has 130 valence electrons. The van der Waals surface area contributed by atoms with Gasteiger partial charge in [-0.25, -0.2) is 0 Å². The molecule has 4 aliphatic rings. The number of rotatable bonds is 2. The summed E-state index contributed by atoms with van der Waals surface area (Å²) in [5, 5.41) is 0. The van der Waals surface area contributed by atoms with Crippen LogP contribution in [0.5, 0.6) is 0 Å². The number of hydrogen-bond acceptors (Lipinski definition) is 5. The molecular weight excluding hydrogens is 296 g/mol. The first kappa shape index (κ1) is 15.8. The third kappa shape index (κ3) is 3.27. The molecule has 3 atom stereocenters. The molecule has 4 saturated heterocycles. The number of ether oxygens (including phenoxy) is 3. The van der Waals surface area contributed by atoms with Crippen molar-refractivity contribution in [1.82, 2.24) is 9.80 Å². The summed E-state index contributed by atoms with van der Waals surface area (Å²) in [6, 6.07) is 1.15. The molecule has 0 spiro atoms. The van der Waals surface area contributed by atoms with Crippen molar-refractivity contribution in [3.05, 3.63) is 0 Å². The van der Waals surface area contributed by atoms with Crippen molar-refractivity contribution in [3.8, 4) is 0 Å². The normalized spacial score (nSPS) is 36.9. The van der Waals surface area contributed by atoms with Crippen molar-refractivity contribution in [3.63, 3.8) is 0 Å². The predicted octanol–water partition coefficient (Wildman–Crippen LogP) is 0.646. The number of amides is 1. The Morgan fingerprint density at radius 2 is 1.57 bits per heavy atom. The van der Waals surface area contributed by atoms with Gasteiger partial charge in [0.1, 0.15) is 6.10 Å². The van der Waals surface area contributed by atoms with Crippen LogP contribution in [0, 0.1) is 0 Å². The molecule has 4 heterocycles. The highest BCUT2D eigenvalue weighted by Crippen LogP contribution is 2.35. The highest BCUT2D eigenvalue weighted by molar-refractivity contribution is 5.81. The summed E-state index contributed by atoms with van der Waals surface area (Å²) in [4.78, 5) is 17.2. The van der Waals surface area contributed by atoms with Gasteiger partial charge in [0.25, 0.3) is 5.91 Å². The molecule has 0 aromatic rings. The van der Waals surface area contributed by atoms with E-state index in [4.69, 9.17) is 14.2 Å². The van der Waals surface area contributed by atoms with E-state index in [2.05, 4.69) is 4.90 Å². The van der Waals surface area contributed by atoms with Crippen LogP contribution >= 0.6 is 0 Å². The lowest BCUT2D eigenvalue weighted by atomic mass is 9.96. The van der Waals surface area contributed by atoms with Crippen molar-refractivity contribution in [2.45, 2.75) is 56.4 Å². The molecule has 0 saturated carbocycles. The van der Waals surface area contributed by atoms with E-state index in [0.29, 0.717) is 38.4 Å². The quantitative estimate of drug-likeness (QED) is 0.746. The van der Waals surface area contributed by atoms with Crippen molar-refractivity contribution in [2.75, 3.05) is 46.1 Å². The fourth-order valence-corrected chi connectivity index (χ4v) is 4.60. The van der Waals surface area contributed by atoms with Crippen LogP contribution in [0.3, 0.4) is 0 Å². The van der Waals surface area contributed by atoms with Gasteiger partial charge in [-0.15, -0.1) is 0 Å². The molecule has 0 unspecified atom stereocenters. The SMILES string of the molecule is O=C([C@@H]1CC[C@H]2[C@H](CCN2C2CCOCC2)O1)N1CCOCC1. The van der Waals surface area contributed by atoms with Crippen molar-refractivity contribution in [2.24, 2.45) is 0 Å². The number of hydrogen-bond donors (Lipinski definition) is 0. The maximum Gasteiger partial charge on any atom is 0.251 e. The van der Waals surface area contributed by atoms with Crippen LogP contribution in [0.2, 0.25) is 0 Å². The summed E-state index contributed by atoms with van der Waals surface area (Å²) >= 11 is 0. The van der Waals surface area contributed by atoms with Gasteiger partial charge in [0, 0.05) is 44.9 Å². The van der Waals surface area contributed by atoms with Crippen LogP contribution in [0.4, 0.5) is 0 Å². The summed E-state index contributed by atoms with van der Waals surface area (Å²) in [5.41, 5.74) is 0. The Kier molecular flexibility index (Phi) is 4.85. The molecule has 4 fully saturated rings. The van der Waals surface area contributed by atoms with Crippen LogP contribution in [-0.4, -0.2) is 86.1 Å². The number of fused-ring (bicyclic) bond motifs is 1. The van der Waals surface area contributed by atoms with E-state index < -0.39 is 0 Å². The molecule has 6 heteroatoms. The Balaban J connectivity index is 1.34. The van der Waals surface area contributed by atoms with Gasteiger partial charge in [-0.2, -0.15) is 0 Å². The summed E-state index contributed by atoms with van der Waals surface area (Å²) in [6.07, 6.45) is 5.29. The Hall–Kier alpha value is -0.690. The number of morpholine rings is 1. The number of likely N-dealkylation sites (tertiary alicyclic amines) is 1.